The van der Waals surface area contributed by atoms with E-state index in [0.717, 1.165) is 59.0 Å². The molecule has 1 aliphatic carbocycles. The molecule has 6 aromatic rings. The normalized spacial score (nSPS) is 16.7. The molecule has 0 saturated carbocycles. The third-order valence-corrected chi connectivity index (χ3v) is 10.9. The van der Waals surface area contributed by atoms with E-state index in [1.165, 1.54) is 52.4 Å². The number of aryl methyl sites for hydroxylation is 2. The largest absolute Gasteiger partial charge is 0.457 e. The summed E-state index contributed by atoms with van der Waals surface area (Å²) in [7, 11) is 0. The van der Waals surface area contributed by atoms with E-state index in [9.17, 15) is 0 Å². The van der Waals surface area contributed by atoms with E-state index in [2.05, 4.69) is 144 Å². The molecule has 3 heterocycles. The van der Waals surface area contributed by atoms with Crippen molar-refractivity contribution in [3.63, 3.8) is 0 Å². The number of fused-ring (bicyclic) bond motifs is 3. The molecule has 0 saturated heterocycles. The molecule has 0 radical (unpaired) electrons. The molecule has 1 unspecified atom stereocenters. The van der Waals surface area contributed by atoms with Crippen LogP contribution in [-0.2, 0) is 11.8 Å². The first-order valence-electron chi connectivity index (χ1n) is 18.7. The first-order chi connectivity index (χ1) is 24.1. The summed E-state index contributed by atoms with van der Waals surface area (Å²) in [5, 5.41) is 7.61. The van der Waals surface area contributed by atoms with Crippen LogP contribution in [0.4, 0.5) is 0 Å². The summed E-state index contributed by atoms with van der Waals surface area (Å²) in [4.78, 5) is 4.84. The van der Waals surface area contributed by atoms with Gasteiger partial charge < -0.3 is 4.74 Å². The van der Waals surface area contributed by atoms with Crippen LogP contribution < -0.4 is 4.74 Å². The highest BCUT2D eigenvalue weighted by Crippen LogP contribution is 2.45. The van der Waals surface area contributed by atoms with E-state index in [1.807, 2.05) is 6.20 Å². The second kappa shape index (κ2) is 13.6. The van der Waals surface area contributed by atoms with E-state index in [4.69, 9.17) is 14.8 Å². The van der Waals surface area contributed by atoms with Crippen LogP contribution >= 0.6 is 0 Å². The van der Waals surface area contributed by atoms with Crippen LogP contribution in [0.3, 0.4) is 0 Å². The third kappa shape index (κ3) is 6.16. The summed E-state index contributed by atoms with van der Waals surface area (Å²) in [6.45, 7) is 18.1. The summed E-state index contributed by atoms with van der Waals surface area (Å²) < 4.78 is 11.3. The molecule has 0 amide bonds. The molecule has 3 aromatic carbocycles. The highest BCUT2D eigenvalue weighted by atomic mass is 16.5. The third-order valence-electron chi connectivity index (χ3n) is 10.9. The Kier molecular flexibility index (Phi) is 9.19. The van der Waals surface area contributed by atoms with Gasteiger partial charge in [0, 0.05) is 46.3 Å². The first-order valence-corrected chi connectivity index (χ1v) is 18.7. The summed E-state index contributed by atoms with van der Waals surface area (Å²) in [6, 6.07) is 26.0. The Morgan fingerprint density at radius 1 is 0.860 bits per heavy atom. The van der Waals surface area contributed by atoms with Gasteiger partial charge in [0.05, 0.1) is 22.4 Å². The molecular formula is C45H52N4O. The minimum Gasteiger partial charge on any atom is -0.457 e. The number of aromatic nitrogens is 4. The van der Waals surface area contributed by atoms with Crippen LogP contribution in [0, 0.1) is 19.8 Å². The Morgan fingerprint density at radius 3 is 2.42 bits per heavy atom. The van der Waals surface area contributed by atoms with Crippen LogP contribution in [0.5, 0.6) is 11.5 Å². The van der Waals surface area contributed by atoms with Crippen molar-refractivity contribution in [3.05, 3.63) is 119 Å². The lowest BCUT2D eigenvalue weighted by Crippen LogP contribution is -2.19. The number of nitrogens with zero attached hydrogens (tertiary/aromatic N) is 4. The van der Waals surface area contributed by atoms with E-state index in [-0.39, 0.29) is 5.41 Å². The zero-order chi connectivity index (χ0) is 35.2. The van der Waals surface area contributed by atoms with Crippen molar-refractivity contribution >= 4 is 21.8 Å². The van der Waals surface area contributed by atoms with E-state index in [0.29, 0.717) is 11.8 Å². The van der Waals surface area contributed by atoms with Crippen molar-refractivity contribution in [2.75, 3.05) is 0 Å². The lowest BCUT2D eigenvalue weighted by Gasteiger charge is -2.32. The molecule has 5 nitrogen and oxygen atoms in total. The summed E-state index contributed by atoms with van der Waals surface area (Å²) in [5.74, 6) is 3.62. The zero-order valence-corrected chi connectivity index (χ0v) is 31.2. The molecule has 1 aliphatic rings. The molecule has 50 heavy (non-hydrogen) atoms. The van der Waals surface area contributed by atoms with Gasteiger partial charge in [-0.1, -0.05) is 84.2 Å². The van der Waals surface area contributed by atoms with Gasteiger partial charge in [-0.15, -0.1) is 0 Å². The first kappa shape index (κ1) is 33.8. The van der Waals surface area contributed by atoms with Gasteiger partial charge >= 0.3 is 0 Å². The van der Waals surface area contributed by atoms with Gasteiger partial charge in [-0.05, 0) is 104 Å². The molecule has 7 rings (SSSR count). The molecule has 0 fully saturated rings. The number of para-hydroxylation sites is 1. The van der Waals surface area contributed by atoms with E-state index in [1.54, 1.807) is 5.57 Å². The van der Waals surface area contributed by atoms with Gasteiger partial charge in [0.15, 0.2) is 0 Å². The molecule has 3 aromatic heterocycles. The minimum absolute atomic E-state index is 0.0760. The van der Waals surface area contributed by atoms with Crippen molar-refractivity contribution in [1.29, 1.82) is 0 Å². The fraction of sp³-hybridized carbons (Fsp3) is 0.378. The van der Waals surface area contributed by atoms with Gasteiger partial charge in [-0.3, -0.25) is 4.57 Å². The van der Waals surface area contributed by atoms with E-state index >= 15 is 0 Å². The maximum atomic E-state index is 6.81. The molecule has 5 heteroatoms. The van der Waals surface area contributed by atoms with Crippen LogP contribution in [0.1, 0.15) is 108 Å². The molecule has 0 aliphatic heterocycles. The zero-order valence-electron chi connectivity index (χ0n) is 31.2. The molecule has 0 spiro atoms. The van der Waals surface area contributed by atoms with Crippen molar-refractivity contribution in [2.45, 2.75) is 105 Å². The fourth-order valence-corrected chi connectivity index (χ4v) is 8.28. The summed E-state index contributed by atoms with van der Waals surface area (Å²) >= 11 is 0. The molecule has 258 valence electrons. The molecular weight excluding hydrogens is 613 g/mol. The van der Waals surface area contributed by atoms with Crippen molar-refractivity contribution in [3.8, 4) is 23.0 Å². The predicted octanol–water partition coefficient (Wildman–Crippen LogP) is 12.3. The maximum absolute atomic E-state index is 6.81. The van der Waals surface area contributed by atoms with Crippen molar-refractivity contribution in [2.24, 2.45) is 5.92 Å². The SMILES string of the molecule is CCCc1ccnc(-n2c3ccccc3c3ccc(Oc4cc(-n5nc(C)c(C6C(CC)=CCC[C@@H]6CC)c5C)cc(C(C)(C)C)c4)cc32)c1. The van der Waals surface area contributed by atoms with Crippen LogP contribution in [0.2, 0.25) is 0 Å². The number of hydrogen-bond acceptors (Lipinski definition) is 3. The Morgan fingerprint density at radius 2 is 1.66 bits per heavy atom. The Bertz CT molecular complexity index is 2210. The molecule has 0 N–H and O–H groups in total. The number of pyridine rings is 1. The maximum Gasteiger partial charge on any atom is 0.137 e. The number of allylic oxidation sites excluding steroid dienone is 2. The smallest absolute Gasteiger partial charge is 0.137 e. The average molecular weight is 665 g/mol. The number of rotatable bonds is 9. The highest BCUT2D eigenvalue weighted by molar-refractivity contribution is 6.09. The second-order valence-electron chi connectivity index (χ2n) is 15.2. The summed E-state index contributed by atoms with van der Waals surface area (Å²) in [5.41, 5.74) is 11.0. The lowest BCUT2D eigenvalue weighted by atomic mass is 9.72. The topological polar surface area (TPSA) is 44.9 Å². The second-order valence-corrected chi connectivity index (χ2v) is 15.2. The lowest BCUT2D eigenvalue weighted by molar-refractivity contribution is 0.393. The Labute approximate surface area is 298 Å². The Balaban J connectivity index is 1.33. The monoisotopic (exact) mass is 664 g/mol. The highest BCUT2D eigenvalue weighted by Gasteiger charge is 2.32. The number of ether oxygens (including phenoxy) is 1. The standard InChI is InChI=1S/C45H52N4O/c1-9-15-31-22-23-46-42(24-31)48-40-19-13-12-18-38(40)39-21-20-36(28-41(39)48)50-37-26-34(45(6,7)8)25-35(27-37)49-30(5)43(29(4)47-49)44-32(10-2)16-14-17-33(44)11-3/h12-13,16,18-28,33,44H,9-11,14-15,17H2,1-8H3/t33-,44?/m0/s1. The number of benzene rings is 3. The van der Waals surface area contributed by atoms with Gasteiger partial charge in [0.25, 0.3) is 0 Å². The number of hydrogen-bond donors (Lipinski definition) is 0. The Hall–Kier alpha value is -4.64. The van der Waals surface area contributed by atoms with Gasteiger partial charge in [0.2, 0.25) is 0 Å². The van der Waals surface area contributed by atoms with Crippen LogP contribution in [-0.4, -0.2) is 19.3 Å². The van der Waals surface area contributed by atoms with Gasteiger partial charge in [-0.2, -0.15) is 5.10 Å². The van der Waals surface area contributed by atoms with E-state index < -0.39 is 0 Å². The summed E-state index contributed by atoms with van der Waals surface area (Å²) in [6.07, 6.45) is 11.3. The van der Waals surface area contributed by atoms with Crippen LogP contribution in [0.15, 0.2) is 90.6 Å². The quantitative estimate of drug-likeness (QED) is 0.145. The fourth-order valence-electron chi connectivity index (χ4n) is 8.28. The predicted molar refractivity (Wildman–Crippen MR) is 209 cm³/mol. The average Bonchev–Trinajstić information content (AvgIpc) is 3.59. The van der Waals surface area contributed by atoms with Crippen molar-refractivity contribution < 1.29 is 4.74 Å². The van der Waals surface area contributed by atoms with Crippen molar-refractivity contribution in [1.82, 2.24) is 19.3 Å². The van der Waals surface area contributed by atoms with Gasteiger partial charge in [-0.25, -0.2) is 9.67 Å². The minimum atomic E-state index is -0.0760. The molecule has 2 atom stereocenters. The molecule has 0 bridgehead atoms. The van der Waals surface area contributed by atoms with Gasteiger partial charge in [0.1, 0.15) is 17.3 Å². The van der Waals surface area contributed by atoms with Crippen LogP contribution in [0.25, 0.3) is 33.3 Å².